The molecule has 1 rings (SSSR count). The third-order valence-electron chi connectivity index (χ3n) is 2.55. The van der Waals surface area contributed by atoms with Crippen LogP contribution in [0, 0.1) is 0 Å². The highest BCUT2D eigenvalue weighted by molar-refractivity contribution is 5.25. The molecule has 84 valence electrons. The molecule has 1 aromatic rings. The summed E-state index contributed by atoms with van der Waals surface area (Å²) in [5.74, 6) is 0.598. The van der Waals surface area contributed by atoms with Crippen LogP contribution >= 0.6 is 0 Å². The van der Waals surface area contributed by atoms with E-state index in [1.54, 1.807) is 0 Å². The van der Waals surface area contributed by atoms with E-state index < -0.39 is 0 Å². The molecule has 0 saturated carbocycles. The van der Waals surface area contributed by atoms with E-state index in [4.69, 9.17) is 4.74 Å². The Bertz CT molecular complexity index is 285. The maximum absolute atomic E-state index is 5.74. The minimum Gasteiger partial charge on any atom is -0.371 e. The molecule has 0 aliphatic heterocycles. The van der Waals surface area contributed by atoms with Crippen LogP contribution in [0.15, 0.2) is 24.3 Å². The molecule has 0 saturated heterocycles. The van der Waals surface area contributed by atoms with Crippen molar-refractivity contribution in [3.8, 4) is 0 Å². The van der Waals surface area contributed by atoms with Gasteiger partial charge in [0.15, 0.2) is 0 Å². The lowest BCUT2D eigenvalue weighted by atomic mass is 10.0. The van der Waals surface area contributed by atoms with E-state index in [1.165, 1.54) is 11.1 Å². The zero-order chi connectivity index (χ0) is 11.4. The Kier molecular flexibility index (Phi) is 4.34. The summed E-state index contributed by atoms with van der Waals surface area (Å²) in [5, 5.41) is 0. The fourth-order valence-electron chi connectivity index (χ4n) is 1.64. The van der Waals surface area contributed by atoms with E-state index in [-0.39, 0.29) is 12.2 Å². The molecule has 0 spiro atoms. The maximum atomic E-state index is 5.74. The lowest BCUT2D eigenvalue weighted by Gasteiger charge is -2.17. The van der Waals surface area contributed by atoms with E-state index >= 15 is 0 Å². The second-order valence-corrected chi connectivity index (χ2v) is 4.65. The highest BCUT2D eigenvalue weighted by atomic mass is 16.5. The van der Waals surface area contributed by atoms with Crippen LogP contribution in [0.25, 0.3) is 0 Å². The number of hydrogen-bond acceptors (Lipinski definition) is 1. The van der Waals surface area contributed by atoms with Crippen molar-refractivity contribution in [1.82, 2.24) is 0 Å². The Morgan fingerprint density at radius 3 is 1.67 bits per heavy atom. The van der Waals surface area contributed by atoms with Gasteiger partial charge in [-0.1, -0.05) is 38.1 Å². The van der Waals surface area contributed by atoms with Crippen molar-refractivity contribution in [2.24, 2.45) is 0 Å². The SMILES string of the molecule is CC(C)O[C@H](C)c1ccc(C(C)C)cc1. The first-order valence-electron chi connectivity index (χ1n) is 5.76. The van der Waals surface area contributed by atoms with Gasteiger partial charge in [0, 0.05) is 0 Å². The topological polar surface area (TPSA) is 9.23 Å². The van der Waals surface area contributed by atoms with Crippen molar-refractivity contribution >= 4 is 0 Å². The maximum Gasteiger partial charge on any atom is 0.0800 e. The fraction of sp³-hybridized carbons (Fsp3) is 0.571. The van der Waals surface area contributed by atoms with Gasteiger partial charge in [0.2, 0.25) is 0 Å². The predicted molar refractivity (Wildman–Crippen MR) is 65.2 cm³/mol. The van der Waals surface area contributed by atoms with Crippen LogP contribution in [0.2, 0.25) is 0 Å². The average Bonchev–Trinajstić information content (AvgIpc) is 2.17. The average molecular weight is 206 g/mol. The molecule has 0 N–H and O–H groups in total. The zero-order valence-electron chi connectivity index (χ0n) is 10.4. The molecular formula is C14H22O. The molecule has 0 heterocycles. The lowest BCUT2D eigenvalue weighted by Crippen LogP contribution is -2.07. The molecule has 0 aromatic heterocycles. The smallest absolute Gasteiger partial charge is 0.0800 e. The fourth-order valence-corrected chi connectivity index (χ4v) is 1.64. The van der Waals surface area contributed by atoms with E-state index in [9.17, 15) is 0 Å². The van der Waals surface area contributed by atoms with Crippen LogP contribution in [0.1, 0.15) is 57.8 Å². The zero-order valence-corrected chi connectivity index (χ0v) is 10.4. The van der Waals surface area contributed by atoms with Crippen LogP contribution < -0.4 is 0 Å². The van der Waals surface area contributed by atoms with E-state index in [0.717, 1.165) is 0 Å². The Hall–Kier alpha value is -0.820. The van der Waals surface area contributed by atoms with Crippen molar-refractivity contribution in [2.45, 2.75) is 52.7 Å². The largest absolute Gasteiger partial charge is 0.371 e. The van der Waals surface area contributed by atoms with Gasteiger partial charge in [-0.05, 0) is 37.8 Å². The van der Waals surface area contributed by atoms with Gasteiger partial charge >= 0.3 is 0 Å². The molecule has 0 bridgehead atoms. The van der Waals surface area contributed by atoms with Gasteiger partial charge < -0.3 is 4.74 Å². The highest BCUT2D eigenvalue weighted by Crippen LogP contribution is 2.21. The Morgan fingerprint density at radius 1 is 0.800 bits per heavy atom. The molecule has 0 radical (unpaired) electrons. The molecule has 1 nitrogen and oxygen atoms in total. The van der Waals surface area contributed by atoms with Crippen LogP contribution in [0.3, 0.4) is 0 Å². The molecular weight excluding hydrogens is 184 g/mol. The quantitative estimate of drug-likeness (QED) is 0.714. The standard InChI is InChI=1S/C14H22O/c1-10(2)13-6-8-14(9-7-13)12(5)15-11(3)4/h6-12H,1-5H3/t12-/m1/s1. The van der Waals surface area contributed by atoms with Crippen molar-refractivity contribution in [3.05, 3.63) is 35.4 Å². The van der Waals surface area contributed by atoms with Gasteiger partial charge in [-0.3, -0.25) is 0 Å². The first kappa shape index (κ1) is 12.3. The van der Waals surface area contributed by atoms with Crippen molar-refractivity contribution in [1.29, 1.82) is 0 Å². The van der Waals surface area contributed by atoms with Gasteiger partial charge in [-0.25, -0.2) is 0 Å². The first-order chi connectivity index (χ1) is 7.00. The first-order valence-corrected chi connectivity index (χ1v) is 5.76. The van der Waals surface area contributed by atoms with Gasteiger partial charge in [0.25, 0.3) is 0 Å². The highest BCUT2D eigenvalue weighted by Gasteiger charge is 2.08. The van der Waals surface area contributed by atoms with E-state index in [2.05, 4.69) is 58.9 Å². The van der Waals surface area contributed by atoms with Crippen molar-refractivity contribution in [3.63, 3.8) is 0 Å². The number of rotatable bonds is 4. The Balaban J connectivity index is 2.71. The monoisotopic (exact) mass is 206 g/mol. The van der Waals surface area contributed by atoms with E-state index in [0.29, 0.717) is 5.92 Å². The van der Waals surface area contributed by atoms with Crippen molar-refractivity contribution < 1.29 is 4.74 Å². The summed E-state index contributed by atoms with van der Waals surface area (Å²) in [6.45, 7) is 10.7. The number of benzene rings is 1. The third-order valence-corrected chi connectivity index (χ3v) is 2.55. The minimum absolute atomic E-state index is 0.186. The number of hydrogen-bond donors (Lipinski definition) is 0. The summed E-state index contributed by atoms with van der Waals surface area (Å²) in [6.07, 6.45) is 0.469. The summed E-state index contributed by atoms with van der Waals surface area (Å²) >= 11 is 0. The molecule has 0 fully saturated rings. The summed E-state index contributed by atoms with van der Waals surface area (Å²) in [6, 6.07) is 8.73. The van der Waals surface area contributed by atoms with E-state index in [1.807, 2.05) is 0 Å². The minimum atomic E-state index is 0.186. The van der Waals surface area contributed by atoms with Crippen LogP contribution in [0.5, 0.6) is 0 Å². The Morgan fingerprint density at radius 2 is 1.27 bits per heavy atom. The molecule has 0 amide bonds. The van der Waals surface area contributed by atoms with Crippen LogP contribution in [-0.4, -0.2) is 6.10 Å². The second-order valence-electron chi connectivity index (χ2n) is 4.65. The summed E-state index contributed by atoms with van der Waals surface area (Å²) in [4.78, 5) is 0. The molecule has 0 aliphatic rings. The molecule has 0 unspecified atom stereocenters. The molecule has 0 aliphatic carbocycles. The Labute approximate surface area is 93.5 Å². The molecule has 15 heavy (non-hydrogen) atoms. The third kappa shape index (κ3) is 3.67. The van der Waals surface area contributed by atoms with Gasteiger partial charge in [-0.2, -0.15) is 0 Å². The van der Waals surface area contributed by atoms with Crippen molar-refractivity contribution in [2.75, 3.05) is 0 Å². The van der Waals surface area contributed by atoms with Gasteiger partial charge in [0.1, 0.15) is 0 Å². The number of ether oxygens (including phenoxy) is 1. The molecule has 1 heteroatoms. The predicted octanol–water partition coefficient (Wildman–Crippen LogP) is 4.30. The summed E-state index contributed by atoms with van der Waals surface area (Å²) in [5.41, 5.74) is 2.64. The molecule has 1 atom stereocenters. The lowest BCUT2D eigenvalue weighted by molar-refractivity contribution is 0.0178. The van der Waals surface area contributed by atoms with Gasteiger partial charge in [0.05, 0.1) is 12.2 Å². The normalized spacial score (nSPS) is 13.5. The summed E-state index contributed by atoms with van der Waals surface area (Å²) < 4.78 is 5.74. The molecule has 1 aromatic carbocycles. The second kappa shape index (κ2) is 5.32. The van der Waals surface area contributed by atoms with Gasteiger partial charge in [-0.15, -0.1) is 0 Å². The van der Waals surface area contributed by atoms with Crippen LogP contribution in [0.4, 0.5) is 0 Å². The van der Waals surface area contributed by atoms with Crippen LogP contribution in [-0.2, 0) is 4.74 Å². The summed E-state index contributed by atoms with van der Waals surface area (Å²) in [7, 11) is 0.